The van der Waals surface area contributed by atoms with Gasteiger partial charge in [-0.05, 0) is 23.3 Å². The third kappa shape index (κ3) is 5.98. The first kappa shape index (κ1) is 17.9. The van der Waals surface area contributed by atoms with Crippen molar-refractivity contribution in [1.82, 2.24) is 25.5 Å². The van der Waals surface area contributed by atoms with Crippen molar-refractivity contribution in [2.45, 2.75) is 50.7 Å². The molecule has 9 heteroatoms. The summed E-state index contributed by atoms with van der Waals surface area (Å²) >= 11 is 1.29. The Hall–Kier alpha value is -1.19. The number of nitrogens with one attached hydrogen (secondary N) is 1. The van der Waals surface area contributed by atoms with Crippen molar-refractivity contribution < 1.29 is 14.3 Å². The molecule has 0 spiro atoms. The Labute approximate surface area is 128 Å². The Balaban J connectivity index is 2.49. The van der Waals surface area contributed by atoms with Crippen LogP contribution in [0.1, 0.15) is 26.7 Å². The van der Waals surface area contributed by atoms with E-state index in [1.807, 2.05) is 0 Å². The number of carbonyl (C=O) groups excluding carboxylic acids is 1. The lowest BCUT2D eigenvalue weighted by Gasteiger charge is -2.15. The first-order chi connectivity index (χ1) is 10.1. The van der Waals surface area contributed by atoms with Crippen molar-refractivity contribution in [3.05, 3.63) is 0 Å². The van der Waals surface area contributed by atoms with Gasteiger partial charge in [-0.3, -0.25) is 4.79 Å². The van der Waals surface area contributed by atoms with Crippen LogP contribution in [0.2, 0.25) is 0 Å². The molecule has 0 saturated heterocycles. The molecular weight excluding hydrogens is 294 g/mol. The molecule has 1 heterocycles. The summed E-state index contributed by atoms with van der Waals surface area (Å²) in [5.41, 5.74) is 0. The second-order valence-corrected chi connectivity index (χ2v) is 5.36. The Morgan fingerprint density at radius 1 is 1.33 bits per heavy atom. The summed E-state index contributed by atoms with van der Waals surface area (Å²) in [7, 11) is 3.10. The van der Waals surface area contributed by atoms with Crippen LogP contribution in [0.3, 0.4) is 0 Å². The molecule has 1 aromatic heterocycles. The number of tetrazole rings is 1. The molecule has 0 aromatic carbocycles. The van der Waals surface area contributed by atoms with Crippen LogP contribution in [0, 0.1) is 0 Å². The van der Waals surface area contributed by atoms with Crippen LogP contribution in [0.15, 0.2) is 5.16 Å². The summed E-state index contributed by atoms with van der Waals surface area (Å²) in [6.45, 7) is 4.48. The number of thioether (sulfide) groups is 1. The van der Waals surface area contributed by atoms with Crippen LogP contribution in [0.5, 0.6) is 0 Å². The van der Waals surface area contributed by atoms with E-state index < -0.39 is 6.29 Å². The lowest BCUT2D eigenvalue weighted by molar-refractivity contribution is -0.119. The summed E-state index contributed by atoms with van der Waals surface area (Å²) in [5.74, 6) is 0.264. The van der Waals surface area contributed by atoms with Crippen molar-refractivity contribution in [2.24, 2.45) is 0 Å². The van der Waals surface area contributed by atoms with Gasteiger partial charge in [0.25, 0.3) is 0 Å². The van der Waals surface area contributed by atoms with Crippen LogP contribution in [0.25, 0.3) is 0 Å². The standard InChI is InChI=1S/C12H23N5O3S/c1-5-9(6-2)13-10(18)8-21-12-14-15-16-17(12)7-11(19-3)20-4/h9,11H,5-8H2,1-4H3,(H,13,18). The van der Waals surface area contributed by atoms with Gasteiger partial charge in [0, 0.05) is 20.3 Å². The molecule has 8 nitrogen and oxygen atoms in total. The molecule has 1 N–H and O–H groups in total. The Kier molecular flexibility index (Phi) is 8.24. The molecule has 0 aliphatic rings. The van der Waals surface area contributed by atoms with Gasteiger partial charge in [-0.15, -0.1) is 5.10 Å². The summed E-state index contributed by atoms with van der Waals surface area (Å²) < 4.78 is 11.8. The summed E-state index contributed by atoms with van der Waals surface area (Å²) in [6, 6.07) is 0.223. The molecule has 21 heavy (non-hydrogen) atoms. The molecule has 1 rings (SSSR count). The summed E-state index contributed by atoms with van der Waals surface area (Å²) in [4.78, 5) is 11.9. The highest BCUT2D eigenvalue weighted by Gasteiger charge is 2.15. The topological polar surface area (TPSA) is 91.2 Å². The van der Waals surface area contributed by atoms with Crippen molar-refractivity contribution >= 4 is 17.7 Å². The van der Waals surface area contributed by atoms with Crippen molar-refractivity contribution in [3.8, 4) is 0 Å². The van der Waals surface area contributed by atoms with Gasteiger partial charge < -0.3 is 14.8 Å². The fourth-order valence-electron chi connectivity index (χ4n) is 1.69. The highest BCUT2D eigenvalue weighted by molar-refractivity contribution is 7.99. The predicted octanol–water partition coefficient (Wildman–Crippen LogP) is 0.689. The largest absolute Gasteiger partial charge is 0.354 e. The first-order valence-electron chi connectivity index (χ1n) is 6.88. The molecule has 120 valence electrons. The van der Waals surface area contributed by atoms with Crippen molar-refractivity contribution in [2.75, 3.05) is 20.0 Å². The number of hydrogen-bond donors (Lipinski definition) is 1. The minimum Gasteiger partial charge on any atom is -0.354 e. The average Bonchev–Trinajstić information content (AvgIpc) is 2.95. The molecule has 0 fully saturated rings. The predicted molar refractivity (Wildman–Crippen MR) is 78.9 cm³/mol. The number of carbonyl (C=O) groups is 1. The minimum atomic E-state index is -0.425. The zero-order chi connectivity index (χ0) is 15.7. The van der Waals surface area contributed by atoms with E-state index in [9.17, 15) is 4.79 Å². The minimum absolute atomic E-state index is 0.0155. The van der Waals surface area contributed by atoms with Gasteiger partial charge in [0.05, 0.1) is 12.3 Å². The molecule has 0 bridgehead atoms. The van der Waals surface area contributed by atoms with E-state index in [1.165, 1.54) is 11.8 Å². The summed E-state index contributed by atoms with van der Waals surface area (Å²) in [5, 5.41) is 14.9. The Morgan fingerprint density at radius 3 is 2.57 bits per heavy atom. The van der Waals surface area contributed by atoms with Crippen LogP contribution >= 0.6 is 11.8 Å². The smallest absolute Gasteiger partial charge is 0.230 e. The maximum Gasteiger partial charge on any atom is 0.230 e. The quantitative estimate of drug-likeness (QED) is 0.501. The fraction of sp³-hybridized carbons (Fsp3) is 0.833. The number of ether oxygens (including phenoxy) is 2. The Morgan fingerprint density at radius 2 is 2.00 bits per heavy atom. The van der Waals surface area contributed by atoms with E-state index in [4.69, 9.17) is 9.47 Å². The lowest BCUT2D eigenvalue weighted by atomic mass is 10.2. The zero-order valence-corrected chi connectivity index (χ0v) is 13.7. The van der Waals surface area contributed by atoms with E-state index in [1.54, 1.807) is 18.9 Å². The zero-order valence-electron chi connectivity index (χ0n) is 12.9. The highest BCUT2D eigenvalue weighted by Crippen LogP contribution is 2.14. The normalized spacial score (nSPS) is 11.3. The highest BCUT2D eigenvalue weighted by atomic mass is 32.2. The third-order valence-electron chi connectivity index (χ3n) is 3.03. The summed E-state index contributed by atoms with van der Waals surface area (Å²) in [6.07, 6.45) is 1.42. The van der Waals surface area contributed by atoms with Crippen molar-refractivity contribution in [3.63, 3.8) is 0 Å². The van der Waals surface area contributed by atoms with Gasteiger partial charge >= 0.3 is 0 Å². The van der Waals surface area contributed by atoms with E-state index in [0.29, 0.717) is 11.7 Å². The van der Waals surface area contributed by atoms with Crippen LogP contribution in [0.4, 0.5) is 0 Å². The number of methoxy groups -OCH3 is 2. The van der Waals surface area contributed by atoms with Crippen molar-refractivity contribution in [1.29, 1.82) is 0 Å². The molecule has 0 aliphatic heterocycles. The van der Waals surface area contributed by atoms with Crippen LogP contribution < -0.4 is 5.32 Å². The van der Waals surface area contributed by atoms with Crippen LogP contribution in [-0.2, 0) is 20.8 Å². The van der Waals surface area contributed by atoms with Gasteiger partial charge in [0.2, 0.25) is 11.1 Å². The third-order valence-corrected chi connectivity index (χ3v) is 3.99. The number of amides is 1. The fourth-order valence-corrected chi connectivity index (χ4v) is 2.39. The second kappa shape index (κ2) is 9.69. The van der Waals surface area contributed by atoms with Gasteiger partial charge in [0.15, 0.2) is 6.29 Å². The number of aromatic nitrogens is 4. The first-order valence-corrected chi connectivity index (χ1v) is 7.87. The molecular formula is C12H23N5O3S. The van der Waals surface area contributed by atoms with E-state index in [-0.39, 0.29) is 17.7 Å². The lowest BCUT2D eigenvalue weighted by Crippen LogP contribution is -2.35. The molecule has 0 unspecified atom stereocenters. The molecule has 0 aliphatic carbocycles. The maximum absolute atomic E-state index is 11.9. The molecule has 1 amide bonds. The Bertz CT molecular complexity index is 421. The maximum atomic E-state index is 11.9. The molecule has 0 atom stereocenters. The van der Waals surface area contributed by atoms with Crippen LogP contribution in [-0.4, -0.2) is 58.4 Å². The van der Waals surface area contributed by atoms with E-state index in [0.717, 1.165) is 12.8 Å². The average molecular weight is 317 g/mol. The van der Waals surface area contributed by atoms with Gasteiger partial charge in [-0.1, -0.05) is 25.6 Å². The number of rotatable bonds is 10. The monoisotopic (exact) mass is 317 g/mol. The van der Waals surface area contributed by atoms with E-state index in [2.05, 4.69) is 34.7 Å². The number of hydrogen-bond acceptors (Lipinski definition) is 7. The van der Waals surface area contributed by atoms with Gasteiger partial charge in [0.1, 0.15) is 0 Å². The molecule has 1 aromatic rings. The van der Waals surface area contributed by atoms with Gasteiger partial charge in [-0.25, -0.2) is 4.68 Å². The SMILES string of the molecule is CCC(CC)NC(=O)CSc1nnnn1CC(OC)OC. The van der Waals surface area contributed by atoms with Gasteiger partial charge in [-0.2, -0.15) is 0 Å². The van der Waals surface area contributed by atoms with E-state index >= 15 is 0 Å². The molecule has 0 saturated carbocycles. The molecule has 0 radical (unpaired) electrons. The second-order valence-electron chi connectivity index (χ2n) is 4.41. The number of nitrogens with zero attached hydrogens (tertiary/aromatic N) is 4.